The Morgan fingerprint density at radius 2 is 1.46 bits per heavy atom. The molecule has 1 heterocycles. The van der Waals surface area contributed by atoms with Crippen LogP contribution in [-0.4, -0.2) is 49.7 Å². The van der Waals surface area contributed by atoms with Crippen molar-refractivity contribution in [3.63, 3.8) is 0 Å². The molecular formula is C18H20N2O3S. The maximum Gasteiger partial charge on any atom is 0.253 e. The summed E-state index contributed by atoms with van der Waals surface area (Å²) in [6.45, 7) is 3.23. The molecule has 0 bridgehead atoms. The van der Waals surface area contributed by atoms with E-state index >= 15 is 0 Å². The van der Waals surface area contributed by atoms with Crippen LogP contribution >= 0.6 is 0 Å². The van der Waals surface area contributed by atoms with E-state index in [1.165, 1.54) is 4.31 Å². The van der Waals surface area contributed by atoms with Gasteiger partial charge in [-0.1, -0.05) is 36.4 Å². The zero-order valence-electron chi connectivity index (χ0n) is 13.6. The Morgan fingerprint density at radius 3 is 2.08 bits per heavy atom. The van der Waals surface area contributed by atoms with Gasteiger partial charge in [-0.15, -0.1) is 0 Å². The van der Waals surface area contributed by atoms with E-state index in [9.17, 15) is 13.2 Å². The number of piperazine rings is 1. The molecule has 3 rings (SSSR count). The Labute approximate surface area is 142 Å². The molecule has 126 valence electrons. The highest BCUT2D eigenvalue weighted by molar-refractivity contribution is 7.89. The third kappa shape index (κ3) is 3.20. The fourth-order valence-electron chi connectivity index (χ4n) is 2.88. The van der Waals surface area contributed by atoms with Gasteiger partial charge in [0, 0.05) is 31.7 Å². The number of sulfonamides is 1. The van der Waals surface area contributed by atoms with Crippen molar-refractivity contribution in [3.05, 3.63) is 65.7 Å². The van der Waals surface area contributed by atoms with E-state index in [0.29, 0.717) is 36.6 Å². The van der Waals surface area contributed by atoms with Crippen molar-refractivity contribution in [2.75, 3.05) is 26.2 Å². The molecule has 1 aliphatic heterocycles. The number of hydrogen-bond donors (Lipinski definition) is 0. The molecule has 0 N–H and O–H groups in total. The molecular weight excluding hydrogens is 324 g/mol. The minimum Gasteiger partial charge on any atom is -0.336 e. The quantitative estimate of drug-likeness (QED) is 0.857. The van der Waals surface area contributed by atoms with E-state index < -0.39 is 10.0 Å². The van der Waals surface area contributed by atoms with E-state index in [0.717, 1.165) is 5.56 Å². The van der Waals surface area contributed by atoms with Crippen LogP contribution in [0.15, 0.2) is 59.5 Å². The maximum atomic E-state index is 12.8. The molecule has 0 saturated carbocycles. The zero-order chi connectivity index (χ0) is 17.2. The predicted molar refractivity (Wildman–Crippen MR) is 92.3 cm³/mol. The predicted octanol–water partition coefficient (Wildman–Crippen LogP) is 2.14. The largest absolute Gasteiger partial charge is 0.336 e. The number of carbonyl (C=O) groups excluding carboxylic acids is 1. The van der Waals surface area contributed by atoms with Gasteiger partial charge in [-0.05, 0) is 30.7 Å². The Kier molecular flexibility index (Phi) is 4.69. The number of hydrogen-bond acceptors (Lipinski definition) is 3. The minimum atomic E-state index is -3.51. The molecule has 2 aromatic rings. The Balaban J connectivity index is 1.71. The standard InChI is InChI=1S/C18H20N2O3S/c1-15-7-5-6-10-17(15)24(22,23)20-13-11-19(12-14-20)18(21)16-8-3-2-4-9-16/h2-10H,11-14H2,1H3. The van der Waals surface area contributed by atoms with Crippen molar-refractivity contribution in [2.45, 2.75) is 11.8 Å². The summed E-state index contributed by atoms with van der Waals surface area (Å²) in [5.74, 6) is -0.0523. The van der Waals surface area contributed by atoms with Crippen LogP contribution in [0.2, 0.25) is 0 Å². The summed E-state index contributed by atoms with van der Waals surface area (Å²) < 4.78 is 27.0. The molecule has 2 aromatic carbocycles. The molecule has 24 heavy (non-hydrogen) atoms. The summed E-state index contributed by atoms with van der Waals surface area (Å²) >= 11 is 0. The summed E-state index contributed by atoms with van der Waals surface area (Å²) in [5.41, 5.74) is 1.37. The molecule has 1 saturated heterocycles. The van der Waals surface area contributed by atoms with E-state index in [4.69, 9.17) is 0 Å². The van der Waals surface area contributed by atoms with Crippen LogP contribution in [0.1, 0.15) is 15.9 Å². The lowest BCUT2D eigenvalue weighted by Gasteiger charge is -2.34. The van der Waals surface area contributed by atoms with Crippen molar-refractivity contribution in [1.29, 1.82) is 0 Å². The highest BCUT2D eigenvalue weighted by atomic mass is 32.2. The molecule has 6 heteroatoms. The first kappa shape index (κ1) is 16.7. The lowest BCUT2D eigenvalue weighted by Crippen LogP contribution is -2.50. The van der Waals surface area contributed by atoms with Crippen LogP contribution in [0.4, 0.5) is 0 Å². The summed E-state index contributed by atoms with van der Waals surface area (Å²) in [7, 11) is -3.51. The number of benzene rings is 2. The number of amides is 1. The second-order valence-electron chi connectivity index (χ2n) is 5.83. The SMILES string of the molecule is Cc1ccccc1S(=O)(=O)N1CCN(C(=O)c2ccccc2)CC1. The summed E-state index contributed by atoms with van der Waals surface area (Å²) in [5, 5.41) is 0. The van der Waals surface area contributed by atoms with Crippen LogP contribution in [0.3, 0.4) is 0 Å². The lowest BCUT2D eigenvalue weighted by atomic mass is 10.2. The Hall–Kier alpha value is -2.18. The van der Waals surface area contributed by atoms with Gasteiger partial charge in [-0.3, -0.25) is 4.79 Å². The van der Waals surface area contributed by atoms with Gasteiger partial charge in [0.1, 0.15) is 0 Å². The van der Waals surface area contributed by atoms with E-state index in [1.807, 2.05) is 24.3 Å². The van der Waals surface area contributed by atoms with Gasteiger partial charge in [0.2, 0.25) is 10.0 Å². The van der Waals surface area contributed by atoms with E-state index in [1.54, 1.807) is 42.2 Å². The molecule has 1 fully saturated rings. The second-order valence-corrected chi connectivity index (χ2v) is 7.73. The highest BCUT2D eigenvalue weighted by Gasteiger charge is 2.31. The van der Waals surface area contributed by atoms with Gasteiger partial charge in [0.15, 0.2) is 0 Å². The van der Waals surface area contributed by atoms with E-state index in [-0.39, 0.29) is 5.91 Å². The van der Waals surface area contributed by atoms with Crippen LogP contribution in [-0.2, 0) is 10.0 Å². The fourth-order valence-corrected chi connectivity index (χ4v) is 4.53. The van der Waals surface area contributed by atoms with Crippen molar-refractivity contribution in [2.24, 2.45) is 0 Å². The average molecular weight is 344 g/mol. The van der Waals surface area contributed by atoms with Gasteiger partial charge >= 0.3 is 0 Å². The topological polar surface area (TPSA) is 57.7 Å². The van der Waals surface area contributed by atoms with Crippen LogP contribution in [0, 0.1) is 6.92 Å². The lowest BCUT2D eigenvalue weighted by molar-refractivity contribution is 0.0698. The first-order valence-electron chi connectivity index (χ1n) is 7.90. The van der Waals surface area contributed by atoms with Gasteiger partial charge in [-0.25, -0.2) is 8.42 Å². The number of nitrogens with zero attached hydrogens (tertiary/aromatic N) is 2. The molecule has 5 nitrogen and oxygen atoms in total. The van der Waals surface area contributed by atoms with Crippen LogP contribution in [0.25, 0.3) is 0 Å². The molecule has 0 radical (unpaired) electrons. The average Bonchev–Trinajstić information content (AvgIpc) is 2.62. The molecule has 0 aromatic heterocycles. The number of aryl methyl sites for hydroxylation is 1. The van der Waals surface area contributed by atoms with Crippen molar-refractivity contribution in [1.82, 2.24) is 9.21 Å². The third-order valence-corrected chi connectivity index (χ3v) is 6.32. The van der Waals surface area contributed by atoms with Crippen LogP contribution < -0.4 is 0 Å². The van der Waals surface area contributed by atoms with Crippen molar-refractivity contribution < 1.29 is 13.2 Å². The molecule has 0 atom stereocenters. The Morgan fingerprint density at radius 1 is 0.875 bits per heavy atom. The van der Waals surface area contributed by atoms with Crippen molar-refractivity contribution >= 4 is 15.9 Å². The molecule has 1 amide bonds. The first-order valence-corrected chi connectivity index (χ1v) is 9.34. The second kappa shape index (κ2) is 6.75. The normalized spacial score (nSPS) is 16.1. The maximum absolute atomic E-state index is 12.8. The molecule has 1 aliphatic rings. The summed E-state index contributed by atoms with van der Waals surface area (Å²) in [6.07, 6.45) is 0. The van der Waals surface area contributed by atoms with Crippen molar-refractivity contribution in [3.8, 4) is 0 Å². The van der Waals surface area contributed by atoms with Gasteiger partial charge in [0.05, 0.1) is 4.90 Å². The Bertz CT molecular complexity index is 826. The smallest absolute Gasteiger partial charge is 0.253 e. The van der Waals surface area contributed by atoms with Gasteiger partial charge in [0.25, 0.3) is 5.91 Å². The molecule has 0 aliphatic carbocycles. The third-order valence-electron chi connectivity index (χ3n) is 4.26. The highest BCUT2D eigenvalue weighted by Crippen LogP contribution is 2.21. The molecule has 0 spiro atoms. The van der Waals surface area contributed by atoms with Gasteiger partial charge < -0.3 is 4.90 Å². The zero-order valence-corrected chi connectivity index (χ0v) is 14.4. The monoisotopic (exact) mass is 344 g/mol. The summed E-state index contributed by atoms with van der Waals surface area (Å²) in [4.78, 5) is 14.5. The van der Waals surface area contributed by atoms with Gasteiger partial charge in [-0.2, -0.15) is 4.31 Å². The van der Waals surface area contributed by atoms with Crippen LogP contribution in [0.5, 0.6) is 0 Å². The number of carbonyl (C=O) groups is 1. The fraction of sp³-hybridized carbons (Fsp3) is 0.278. The summed E-state index contributed by atoms with van der Waals surface area (Å²) in [6, 6.07) is 16.0. The molecule has 0 unspecified atom stereocenters. The number of rotatable bonds is 3. The minimum absolute atomic E-state index is 0.0523. The van der Waals surface area contributed by atoms with E-state index in [2.05, 4.69) is 0 Å². The first-order chi connectivity index (χ1) is 11.5.